The molecule has 0 spiro atoms. The van der Waals surface area contributed by atoms with Crippen LogP contribution in [-0.2, 0) is 11.4 Å². The maximum Gasteiger partial charge on any atom is 0.308 e. The van der Waals surface area contributed by atoms with E-state index in [0.29, 0.717) is 12.4 Å². The van der Waals surface area contributed by atoms with E-state index in [1.165, 1.54) is 6.92 Å². The SMILES string of the molecule is CC(=O)Oc1cccc(-c2cccc(OCc3ccccc3)c2)c1. The molecule has 0 N–H and O–H groups in total. The molecule has 3 aromatic rings. The Kier molecular flexibility index (Phi) is 4.92. The number of carbonyl (C=O) groups is 1. The third kappa shape index (κ3) is 4.23. The standard InChI is InChI=1S/C21H18O3/c1-16(22)24-21-12-6-10-19(14-21)18-9-5-11-20(13-18)23-15-17-7-3-2-4-8-17/h2-14H,15H2,1H3. The zero-order valence-electron chi connectivity index (χ0n) is 13.4. The summed E-state index contributed by atoms with van der Waals surface area (Å²) in [5.41, 5.74) is 3.10. The summed E-state index contributed by atoms with van der Waals surface area (Å²) in [6, 6.07) is 25.4. The van der Waals surface area contributed by atoms with Crippen LogP contribution < -0.4 is 9.47 Å². The van der Waals surface area contributed by atoms with E-state index in [4.69, 9.17) is 9.47 Å². The molecule has 0 amide bonds. The molecule has 3 rings (SSSR count). The summed E-state index contributed by atoms with van der Waals surface area (Å²) in [5, 5.41) is 0. The molecular weight excluding hydrogens is 300 g/mol. The Morgan fingerprint density at radius 1 is 0.792 bits per heavy atom. The lowest BCUT2D eigenvalue weighted by Gasteiger charge is -2.09. The maximum atomic E-state index is 11.1. The first-order chi connectivity index (χ1) is 11.7. The molecule has 0 radical (unpaired) electrons. The highest BCUT2D eigenvalue weighted by molar-refractivity contribution is 5.71. The number of esters is 1. The van der Waals surface area contributed by atoms with Crippen LogP contribution in [0.2, 0.25) is 0 Å². The third-order valence-corrected chi connectivity index (χ3v) is 3.51. The monoisotopic (exact) mass is 318 g/mol. The summed E-state index contributed by atoms with van der Waals surface area (Å²) in [5.74, 6) is 1.01. The molecule has 0 aromatic heterocycles. The van der Waals surface area contributed by atoms with Crippen LogP contribution in [0.25, 0.3) is 11.1 Å². The Bertz CT molecular complexity index is 825. The molecule has 0 saturated carbocycles. The molecule has 0 aliphatic carbocycles. The summed E-state index contributed by atoms with van der Waals surface area (Å²) < 4.78 is 11.0. The van der Waals surface area contributed by atoms with Gasteiger partial charge in [0.05, 0.1) is 0 Å². The van der Waals surface area contributed by atoms with Gasteiger partial charge in [-0.25, -0.2) is 0 Å². The highest BCUT2D eigenvalue weighted by atomic mass is 16.5. The van der Waals surface area contributed by atoms with Gasteiger partial charge >= 0.3 is 5.97 Å². The minimum Gasteiger partial charge on any atom is -0.489 e. The van der Waals surface area contributed by atoms with Crippen LogP contribution in [-0.4, -0.2) is 5.97 Å². The fourth-order valence-electron chi connectivity index (χ4n) is 2.41. The second kappa shape index (κ2) is 7.47. The van der Waals surface area contributed by atoms with Crippen LogP contribution in [0.3, 0.4) is 0 Å². The van der Waals surface area contributed by atoms with Crippen LogP contribution in [0.4, 0.5) is 0 Å². The smallest absolute Gasteiger partial charge is 0.308 e. The molecule has 0 heterocycles. The molecule has 24 heavy (non-hydrogen) atoms. The summed E-state index contributed by atoms with van der Waals surface area (Å²) >= 11 is 0. The molecule has 0 aliphatic heterocycles. The van der Waals surface area contributed by atoms with Crippen molar-refractivity contribution < 1.29 is 14.3 Å². The molecular formula is C21H18O3. The van der Waals surface area contributed by atoms with Crippen LogP contribution in [0.1, 0.15) is 12.5 Å². The second-order valence-corrected chi connectivity index (χ2v) is 5.42. The van der Waals surface area contributed by atoms with Crippen LogP contribution in [0.5, 0.6) is 11.5 Å². The van der Waals surface area contributed by atoms with Gasteiger partial charge in [0.25, 0.3) is 0 Å². The van der Waals surface area contributed by atoms with Gasteiger partial charge in [0, 0.05) is 6.92 Å². The van der Waals surface area contributed by atoms with Gasteiger partial charge in [-0.2, -0.15) is 0 Å². The lowest BCUT2D eigenvalue weighted by atomic mass is 10.1. The number of rotatable bonds is 5. The summed E-state index contributed by atoms with van der Waals surface area (Å²) in [6.45, 7) is 1.92. The van der Waals surface area contributed by atoms with E-state index in [1.807, 2.05) is 72.8 Å². The minimum absolute atomic E-state index is 0.327. The van der Waals surface area contributed by atoms with E-state index in [0.717, 1.165) is 22.4 Å². The first-order valence-electron chi connectivity index (χ1n) is 7.76. The Balaban J connectivity index is 1.76. The normalized spacial score (nSPS) is 10.2. The minimum atomic E-state index is -0.327. The maximum absolute atomic E-state index is 11.1. The van der Waals surface area contributed by atoms with Crippen molar-refractivity contribution in [3.63, 3.8) is 0 Å². The first kappa shape index (κ1) is 15.8. The Morgan fingerprint density at radius 2 is 1.42 bits per heavy atom. The van der Waals surface area contributed by atoms with Gasteiger partial charge in [-0.05, 0) is 41.0 Å². The Labute approximate surface area is 141 Å². The van der Waals surface area contributed by atoms with E-state index in [9.17, 15) is 4.79 Å². The number of ether oxygens (including phenoxy) is 2. The summed E-state index contributed by atoms with van der Waals surface area (Å²) in [6.07, 6.45) is 0. The van der Waals surface area contributed by atoms with Gasteiger partial charge in [-0.15, -0.1) is 0 Å². The molecule has 3 aromatic carbocycles. The average Bonchev–Trinajstić information content (AvgIpc) is 2.61. The highest BCUT2D eigenvalue weighted by Gasteiger charge is 2.04. The van der Waals surface area contributed by atoms with Crippen molar-refractivity contribution in [3.8, 4) is 22.6 Å². The van der Waals surface area contributed by atoms with Gasteiger partial charge in [-0.1, -0.05) is 54.6 Å². The number of carbonyl (C=O) groups excluding carboxylic acids is 1. The highest BCUT2D eigenvalue weighted by Crippen LogP contribution is 2.27. The van der Waals surface area contributed by atoms with E-state index in [1.54, 1.807) is 6.07 Å². The molecule has 0 saturated heterocycles. The largest absolute Gasteiger partial charge is 0.489 e. The quantitative estimate of drug-likeness (QED) is 0.498. The van der Waals surface area contributed by atoms with Crippen LogP contribution >= 0.6 is 0 Å². The van der Waals surface area contributed by atoms with Crippen molar-refractivity contribution in [3.05, 3.63) is 84.4 Å². The average molecular weight is 318 g/mol. The third-order valence-electron chi connectivity index (χ3n) is 3.51. The van der Waals surface area contributed by atoms with E-state index in [-0.39, 0.29) is 5.97 Å². The van der Waals surface area contributed by atoms with Gasteiger partial charge in [0.1, 0.15) is 18.1 Å². The second-order valence-electron chi connectivity index (χ2n) is 5.42. The summed E-state index contributed by atoms with van der Waals surface area (Å²) in [4.78, 5) is 11.1. The molecule has 0 bridgehead atoms. The molecule has 0 unspecified atom stereocenters. The van der Waals surface area contributed by atoms with Gasteiger partial charge in [0.15, 0.2) is 0 Å². The zero-order valence-corrected chi connectivity index (χ0v) is 13.4. The van der Waals surface area contributed by atoms with Crippen LogP contribution in [0, 0.1) is 0 Å². The fraction of sp³-hybridized carbons (Fsp3) is 0.0952. The van der Waals surface area contributed by atoms with Crippen molar-refractivity contribution in [1.82, 2.24) is 0 Å². The van der Waals surface area contributed by atoms with Gasteiger partial charge < -0.3 is 9.47 Å². The molecule has 0 aliphatic rings. The molecule has 3 heteroatoms. The van der Waals surface area contributed by atoms with Crippen molar-refractivity contribution in [2.75, 3.05) is 0 Å². The predicted octanol–water partition coefficient (Wildman–Crippen LogP) is 4.86. The van der Waals surface area contributed by atoms with Crippen molar-refractivity contribution in [1.29, 1.82) is 0 Å². The number of hydrogen-bond acceptors (Lipinski definition) is 3. The van der Waals surface area contributed by atoms with Crippen molar-refractivity contribution in [2.24, 2.45) is 0 Å². The van der Waals surface area contributed by atoms with Crippen molar-refractivity contribution >= 4 is 5.97 Å². The van der Waals surface area contributed by atoms with E-state index >= 15 is 0 Å². The van der Waals surface area contributed by atoms with Gasteiger partial charge in [0.2, 0.25) is 0 Å². The lowest BCUT2D eigenvalue weighted by Crippen LogP contribution is -2.01. The molecule has 0 atom stereocenters. The number of benzene rings is 3. The first-order valence-corrected chi connectivity index (χ1v) is 7.76. The number of hydrogen-bond donors (Lipinski definition) is 0. The fourth-order valence-corrected chi connectivity index (χ4v) is 2.41. The van der Waals surface area contributed by atoms with Gasteiger partial charge in [-0.3, -0.25) is 4.79 Å². The van der Waals surface area contributed by atoms with Crippen molar-refractivity contribution in [2.45, 2.75) is 13.5 Å². The Hall–Kier alpha value is -3.07. The summed E-state index contributed by atoms with van der Waals surface area (Å²) in [7, 11) is 0. The van der Waals surface area contributed by atoms with E-state index < -0.39 is 0 Å². The molecule has 3 nitrogen and oxygen atoms in total. The molecule has 120 valence electrons. The zero-order chi connectivity index (χ0) is 16.8. The van der Waals surface area contributed by atoms with Crippen LogP contribution in [0.15, 0.2) is 78.9 Å². The Morgan fingerprint density at radius 3 is 2.08 bits per heavy atom. The predicted molar refractivity (Wildman–Crippen MR) is 94.0 cm³/mol. The topological polar surface area (TPSA) is 35.5 Å². The lowest BCUT2D eigenvalue weighted by molar-refractivity contribution is -0.131. The van der Waals surface area contributed by atoms with E-state index in [2.05, 4.69) is 0 Å². The molecule has 0 fully saturated rings.